The van der Waals surface area contributed by atoms with Crippen molar-refractivity contribution in [2.45, 2.75) is 11.3 Å². The first kappa shape index (κ1) is 15.8. The summed E-state index contributed by atoms with van der Waals surface area (Å²) in [5.74, 6) is -1.50. The summed E-state index contributed by atoms with van der Waals surface area (Å²) < 4.78 is 61.6. The highest BCUT2D eigenvalue weighted by Crippen LogP contribution is 2.36. The monoisotopic (exact) mass is 413 g/mol. The van der Waals surface area contributed by atoms with Crippen LogP contribution in [-0.2, 0) is 10.0 Å². The van der Waals surface area contributed by atoms with Gasteiger partial charge >= 0.3 is 12.0 Å². The Morgan fingerprint density at radius 2 is 2.00 bits per heavy atom. The Morgan fingerprint density at radius 3 is 2.37 bits per heavy atom. The molecule has 0 radical (unpaired) electrons. The third-order valence-corrected chi connectivity index (χ3v) is 3.34. The number of hydrogen-bond donors (Lipinski definition) is 1. The number of primary sulfonamides is 1. The second kappa shape index (κ2) is 5.04. The van der Waals surface area contributed by atoms with E-state index in [0.29, 0.717) is 6.20 Å². The zero-order valence-electron chi connectivity index (χ0n) is 8.51. The zero-order chi connectivity index (χ0) is 15.0. The molecule has 0 saturated heterocycles. The first-order valence-corrected chi connectivity index (χ1v) is 6.67. The molecule has 0 unspecified atom stereocenters. The average molecular weight is 413 g/mol. The Hall–Kier alpha value is -1.22. The van der Waals surface area contributed by atoms with E-state index >= 15 is 0 Å². The van der Waals surface area contributed by atoms with Gasteiger partial charge < -0.3 is 4.74 Å². The van der Waals surface area contributed by atoms with Crippen LogP contribution in [0.5, 0.6) is 5.88 Å². The third-order valence-electron chi connectivity index (χ3n) is 1.61. The largest absolute Gasteiger partial charge is 0.574 e. The second-order valence-corrected chi connectivity index (χ2v) is 5.60. The lowest BCUT2D eigenvalue weighted by Crippen LogP contribution is -2.23. The van der Waals surface area contributed by atoms with Gasteiger partial charge in [0, 0.05) is 0 Å². The van der Waals surface area contributed by atoms with Gasteiger partial charge in [-0.1, -0.05) is 0 Å². The summed E-state index contributed by atoms with van der Waals surface area (Å²) in [5, 5.41) is 15.4. The summed E-state index contributed by atoms with van der Waals surface area (Å²) in [6.45, 7) is 0. The lowest BCUT2D eigenvalue weighted by molar-refractivity contribution is -0.389. The van der Waals surface area contributed by atoms with Crippen molar-refractivity contribution < 1.29 is 31.2 Å². The van der Waals surface area contributed by atoms with Gasteiger partial charge in [0.05, 0.1) is 11.1 Å². The highest BCUT2D eigenvalue weighted by Gasteiger charge is 2.39. The highest BCUT2D eigenvalue weighted by atomic mass is 127. The maximum Gasteiger partial charge on any atom is 0.574 e. The first-order chi connectivity index (χ1) is 8.43. The molecule has 8 nitrogen and oxygen atoms in total. The van der Waals surface area contributed by atoms with Gasteiger partial charge in [-0.2, -0.15) is 0 Å². The molecule has 2 N–H and O–H groups in total. The molecular weight excluding hydrogens is 410 g/mol. The van der Waals surface area contributed by atoms with Gasteiger partial charge in [0.15, 0.2) is 0 Å². The number of alkyl halides is 3. The van der Waals surface area contributed by atoms with Crippen LogP contribution in [-0.4, -0.2) is 24.7 Å². The molecule has 0 aliphatic rings. The molecule has 13 heteroatoms. The molecule has 0 saturated carbocycles. The van der Waals surface area contributed by atoms with Crippen LogP contribution in [0.2, 0.25) is 0 Å². The fourth-order valence-corrected chi connectivity index (χ4v) is 2.63. The van der Waals surface area contributed by atoms with Crippen molar-refractivity contribution in [2.75, 3.05) is 0 Å². The van der Waals surface area contributed by atoms with E-state index in [2.05, 4.69) is 14.9 Å². The van der Waals surface area contributed by atoms with Gasteiger partial charge in [-0.15, -0.1) is 13.2 Å². The van der Waals surface area contributed by atoms with Crippen molar-refractivity contribution in [3.05, 3.63) is 19.9 Å². The van der Waals surface area contributed by atoms with Gasteiger partial charge in [-0.3, -0.25) is 10.1 Å². The molecule has 0 spiro atoms. The van der Waals surface area contributed by atoms with Gasteiger partial charge in [0.25, 0.3) is 0 Å². The van der Waals surface area contributed by atoms with Crippen LogP contribution in [0.25, 0.3) is 0 Å². The van der Waals surface area contributed by atoms with Crippen LogP contribution in [0.3, 0.4) is 0 Å². The molecule has 0 aliphatic heterocycles. The number of hydrogen-bond acceptors (Lipinski definition) is 6. The Kier molecular flexibility index (Phi) is 4.20. The fourth-order valence-electron chi connectivity index (χ4n) is 1.05. The maximum absolute atomic E-state index is 12.1. The fraction of sp³-hybridized carbons (Fsp3) is 0.167. The molecule has 1 rings (SSSR count). The number of ether oxygens (including phenoxy) is 1. The SMILES string of the molecule is NS(=O)(=O)c1c(OC(F)(F)F)ncc(I)c1[N+](=O)[O-]. The quantitative estimate of drug-likeness (QED) is 0.450. The molecule has 0 fully saturated rings. The molecule has 0 amide bonds. The number of nitrogens with two attached hydrogens (primary N) is 1. The van der Waals surface area contributed by atoms with Crippen LogP contribution < -0.4 is 9.88 Å². The third kappa shape index (κ3) is 3.87. The minimum absolute atomic E-state index is 0.304. The Bertz CT molecular complexity index is 632. The molecule has 0 bridgehead atoms. The highest BCUT2D eigenvalue weighted by molar-refractivity contribution is 14.1. The molecule has 1 aromatic heterocycles. The Balaban J connectivity index is 3.67. The topological polar surface area (TPSA) is 125 Å². The molecule has 106 valence electrons. The van der Waals surface area contributed by atoms with Gasteiger partial charge in [0.1, 0.15) is 3.57 Å². The minimum Gasteiger partial charge on any atom is -0.386 e. The molecule has 0 atom stereocenters. The zero-order valence-corrected chi connectivity index (χ0v) is 11.5. The summed E-state index contributed by atoms with van der Waals surface area (Å²) in [7, 11) is -4.84. The number of nitro groups is 1. The Morgan fingerprint density at radius 1 is 1.47 bits per heavy atom. The summed E-state index contributed by atoms with van der Waals surface area (Å²) in [6.07, 6.45) is -4.61. The number of pyridine rings is 1. The lowest BCUT2D eigenvalue weighted by Gasteiger charge is -2.11. The number of halogens is 4. The first-order valence-electron chi connectivity index (χ1n) is 4.05. The van der Waals surface area contributed by atoms with E-state index in [1.54, 1.807) is 0 Å². The molecule has 19 heavy (non-hydrogen) atoms. The van der Waals surface area contributed by atoms with Crippen LogP contribution in [0.4, 0.5) is 18.9 Å². The van der Waals surface area contributed by atoms with E-state index in [-0.39, 0.29) is 3.57 Å². The van der Waals surface area contributed by atoms with Gasteiger partial charge in [-0.25, -0.2) is 18.5 Å². The van der Waals surface area contributed by atoms with Gasteiger partial charge in [0.2, 0.25) is 20.8 Å². The van der Waals surface area contributed by atoms with E-state index in [1.807, 2.05) is 0 Å². The van der Waals surface area contributed by atoms with E-state index in [0.717, 1.165) is 0 Å². The molecule has 1 heterocycles. The van der Waals surface area contributed by atoms with Crippen LogP contribution in [0, 0.1) is 13.7 Å². The van der Waals surface area contributed by atoms with Crippen molar-refractivity contribution in [2.24, 2.45) is 5.14 Å². The van der Waals surface area contributed by atoms with Crippen molar-refractivity contribution in [3.8, 4) is 5.88 Å². The molecular formula is C6H3F3IN3O5S. The van der Waals surface area contributed by atoms with E-state index in [9.17, 15) is 31.7 Å². The lowest BCUT2D eigenvalue weighted by atomic mass is 10.4. The average Bonchev–Trinajstić information content (AvgIpc) is 2.15. The van der Waals surface area contributed by atoms with E-state index < -0.39 is 37.8 Å². The molecule has 1 aromatic rings. The second-order valence-electron chi connectivity index (χ2n) is 2.94. The van der Waals surface area contributed by atoms with Crippen molar-refractivity contribution in [1.29, 1.82) is 0 Å². The summed E-state index contributed by atoms with van der Waals surface area (Å²) >= 11 is 1.33. The van der Waals surface area contributed by atoms with E-state index in [4.69, 9.17) is 0 Å². The number of aromatic nitrogens is 1. The van der Waals surface area contributed by atoms with Crippen LogP contribution >= 0.6 is 22.6 Å². The smallest absolute Gasteiger partial charge is 0.386 e. The van der Waals surface area contributed by atoms with Crippen LogP contribution in [0.1, 0.15) is 0 Å². The molecule has 0 aliphatic carbocycles. The van der Waals surface area contributed by atoms with Gasteiger partial charge in [-0.05, 0) is 22.6 Å². The molecule has 0 aromatic carbocycles. The predicted molar refractivity (Wildman–Crippen MR) is 61.7 cm³/mol. The summed E-state index contributed by atoms with van der Waals surface area (Å²) in [5.41, 5.74) is -1.13. The standard InChI is InChI=1S/C6H3F3IN3O5S/c7-6(8,9)18-5-4(19(11,16)17)3(13(14)15)2(10)1-12-5/h1H,(H2,11,16,17). The van der Waals surface area contributed by atoms with E-state index in [1.165, 1.54) is 22.6 Å². The van der Waals surface area contributed by atoms with Crippen molar-refractivity contribution in [1.82, 2.24) is 4.98 Å². The normalized spacial score (nSPS) is 12.3. The Labute approximate surface area is 117 Å². The number of rotatable bonds is 3. The number of sulfonamides is 1. The van der Waals surface area contributed by atoms with Crippen LogP contribution in [0.15, 0.2) is 11.1 Å². The number of nitrogens with zero attached hydrogens (tertiary/aromatic N) is 2. The van der Waals surface area contributed by atoms with Crippen molar-refractivity contribution >= 4 is 38.3 Å². The van der Waals surface area contributed by atoms with Crippen molar-refractivity contribution in [3.63, 3.8) is 0 Å². The summed E-state index contributed by atoms with van der Waals surface area (Å²) in [6, 6.07) is 0. The maximum atomic E-state index is 12.1. The summed E-state index contributed by atoms with van der Waals surface area (Å²) in [4.78, 5) is 11.2. The predicted octanol–water partition coefficient (Wildman–Crippen LogP) is 1.14. The minimum atomic E-state index is -5.27.